The summed E-state index contributed by atoms with van der Waals surface area (Å²) in [6, 6.07) is 3.69. The first-order valence-electron chi connectivity index (χ1n) is 7.71. The standard InChI is InChI=1S/C16H25N3O2/c1-4-19(5-2)15-9-8-13(10-17-15)16(21)18(3)11-14(20)12-6-7-12/h8-10,12,14,20H,4-7,11H2,1-3H3. The van der Waals surface area contributed by atoms with Crippen LogP contribution in [-0.2, 0) is 0 Å². The van der Waals surface area contributed by atoms with Crippen molar-refractivity contribution >= 4 is 11.7 Å². The molecule has 1 unspecified atom stereocenters. The Morgan fingerprint density at radius 2 is 2.05 bits per heavy atom. The maximum atomic E-state index is 12.3. The number of pyridine rings is 1. The Morgan fingerprint density at radius 1 is 1.38 bits per heavy atom. The molecular formula is C16H25N3O2. The Bertz CT molecular complexity index is 467. The zero-order valence-electron chi connectivity index (χ0n) is 13.1. The van der Waals surface area contributed by atoms with E-state index in [1.165, 1.54) is 0 Å². The van der Waals surface area contributed by atoms with Crippen LogP contribution in [0.1, 0.15) is 37.0 Å². The first-order valence-corrected chi connectivity index (χ1v) is 7.71. The van der Waals surface area contributed by atoms with Crippen LogP contribution in [0.25, 0.3) is 0 Å². The fraction of sp³-hybridized carbons (Fsp3) is 0.625. The summed E-state index contributed by atoms with van der Waals surface area (Å²) in [5.41, 5.74) is 0.566. The summed E-state index contributed by atoms with van der Waals surface area (Å²) in [6.07, 6.45) is 3.37. The maximum absolute atomic E-state index is 12.3. The number of hydrogen-bond acceptors (Lipinski definition) is 4. The van der Waals surface area contributed by atoms with E-state index in [9.17, 15) is 9.90 Å². The average Bonchev–Trinajstić information content (AvgIpc) is 3.33. The number of carbonyl (C=O) groups is 1. The van der Waals surface area contributed by atoms with Crippen LogP contribution in [0.5, 0.6) is 0 Å². The fourth-order valence-corrected chi connectivity index (χ4v) is 2.46. The average molecular weight is 291 g/mol. The van der Waals surface area contributed by atoms with Crippen molar-refractivity contribution in [1.82, 2.24) is 9.88 Å². The molecule has 1 aliphatic rings. The second-order valence-corrected chi connectivity index (χ2v) is 5.67. The fourth-order valence-electron chi connectivity index (χ4n) is 2.46. The van der Waals surface area contributed by atoms with Crippen molar-refractivity contribution in [3.63, 3.8) is 0 Å². The van der Waals surface area contributed by atoms with Gasteiger partial charge in [-0.25, -0.2) is 4.98 Å². The van der Waals surface area contributed by atoms with Gasteiger partial charge in [0, 0.05) is 32.9 Å². The van der Waals surface area contributed by atoms with Crippen LogP contribution in [0.15, 0.2) is 18.3 Å². The van der Waals surface area contributed by atoms with Crippen molar-refractivity contribution in [3.05, 3.63) is 23.9 Å². The van der Waals surface area contributed by atoms with Gasteiger partial charge in [0.05, 0.1) is 11.7 Å². The Morgan fingerprint density at radius 3 is 2.52 bits per heavy atom. The van der Waals surface area contributed by atoms with Gasteiger partial charge in [0.25, 0.3) is 5.91 Å². The van der Waals surface area contributed by atoms with E-state index < -0.39 is 6.10 Å². The van der Waals surface area contributed by atoms with E-state index in [1.807, 2.05) is 12.1 Å². The highest BCUT2D eigenvalue weighted by Crippen LogP contribution is 2.32. The van der Waals surface area contributed by atoms with Gasteiger partial charge < -0.3 is 14.9 Å². The molecule has 1 aromatic heterocycles. The summed E-state index contributed by atoms with van der Waals surface area (Å²) in [5.74, 6) is 1.17. The molecule has 1 N–H and O–H groups in total. The summed E-state index contributed by atoms with van der Waals surface area (Å²) < 4.78 is 0. The van der Waals surface area contributed by atoms with Crippen molar-refractivity contribution in [2.45, 2.75) is 32.8 Å². The smallest absolute Gasteiger partial charge is 0.255 e. The highest BCUT2D eigenvalue weighted by Gasteiger charge is 2.31. The van der Waals surface area contributed by atoms with E-state index in [1.54, 1.807) is 18.1 Å². The van der Waals surface area contributed by atoms with Gasteiger partial charge in [-0.15, -0.1) is 0 Å². The van der Waals surface area contributed by atoms with Crippen molar-refractivity contribution in [1.29, 1.82) is 0 Å². The van der Waals surface area contributed by atoms with Crippen molar-refractivity contribution < 1.29 is 9.90 Å². The minimum absolute atomic E-state index is 0.0895. The summed E-state index contributed by atoms with van der Waals surface area (Å²) in [7, 11) is 1.73. The summed E-state index contributed by atoms with van der Waals surface area (Å²) in [6.45, 7) is 6.34. The Hall–Kier alpha value is -1.62. The van der Waals surface area contributed by atoms with Gasteiger partial charge in [0.15, 0.2) is 0 Å². The van der Waals surface area contributed by atoms with Gasteiger partial charge in [0.2, 0.25) is 0 Å². The van der Waals surface area contributed by atoms with E-state index in [-0.39, 0.29) is 5.91 Å². The molecule has 0 spiro atoms. The monoisotopic (exact) mass is 291 g/mol. The van der Waals surface area contributed by atoms with E-state index in [2.05, 4.69) is 23.7 Å². The molecule has 0 saturated heterocycles. The normalized spacial score (nSPS) is 15.6. The van der Waals surface area contributed by atoms with Gasteiger partial charge in [-0.2, -0.15) is 0 Å². The Kier molecular flexibility index (Phi) is 5.17. The van der Waals surface area contributed by atoms with Crippen LogP contribution in [-0.4, -0.2) is 53.7 Å². The number of amides is 1. The minimum Gasteiger partial charge on any atom is -0.391 e. The number of rotatable bonds is 7. The number of aromatic nitrogens is 1. The highest BCUT2D eigenvalue weighted by molar-refractivity contribution is 5.93. The highest BCUT2D eigenvalue weighted by atomic mass is 16.3. The summed E-state index contributed by atoms with van der Waals surface area (Å²) in [5, 5.41) is 9.92. The second-order valence-electron chi connectivity index (χ2n) is 5.67. The molecular weight excluding hydrogens is 266 g/mol. The van der Waals surface area contributed by atoms with Crippen LogP contribution in [0.2, 0.25) is 0 Å². The molecule has 0 aliphatic heterocycles. The van der Waals surface area contributed by atoms with Gasteiger partial charge in [0.1, 0.15) is 5.82 Å². The van der Waals surface area contributed by atoms with Crippen molar-refractivity contribution in [2.75, 3.05) is 31.6 Å². The molecule has 21 heavy (non-hydrogen) atoms. The molecule has 5 heteroatoms. The predicted molar refractivity (Wildman–Crippen MR) is 83.5 cm³/mol. The number of likely N-dealkylation sites (N-methyl/N-ethyl adjacent to an activating group) is 1. The first-order chi connectivity index (χ1) is 10.1. The van der Waals surface area contributed by atoms with Gasteiger partial charge in [-0.1, -0.05) is 0 Å². The molecule has 1 heterocycles. The quantitative estimate of drug-likeness (QED) is 0.832. The van der Waals surface area contributed by atoms with E-state index in [0.717, 1.165) is 31.7 Å². The SMILES string of the molecule is CCN(CC)c1ccc(C(=O)N(C)CC(O)C2CC2)cn1. The molecule has 1 aromatic rings. The van der Waals surface area contributed by atoms with Gasteiger partial charge in [-0.3, -0.25) is 4.79 Å². The van der Waals surface area contributed by atoms with Crippen LogP contribution in [0, 0.1) is 5.92 Å². The third-order valence-electron chi connectivity index (χ3n) is 4.06. The Labute approximate surface area is 126 Å². The van der Waals surface area contributed by atoms with E-state index >= 15 is 0 Å². The van der Waals surface area contributed by atoms with E-state index in [0.29, 0.717) is 18.0 Å². The predicted octanol–water partition coefficient (Wildman–Crippen LogP) is 1.77. The maximum Gasteiger partial charge on any atom is 0.255 e. The third-order valence-corrected chi connectivity index (χ3v) is 4.06. The summed E-state index contributed by atoms with van der Waals surface area (Å²) >= 11 is 0. The molecule has 5 nitrogen and oxygen atoms in total. The molecule has 0 bridgehead atoms. The lowest BCUT2D eigenvalue weighted by Gasteiger charge is -2.22. The molecule has 1 fully saturated rings. The number of anilines is 1. The van der Waals surface area contributed by atoms with E-state index in [4.69, 9.17) is 0 Å². The first kappa shape index (κ1) is 15.8. The Balaban J connectivity index is 1.98. The lowest BCUT2D eigenvalue weighted by Crippen LogP contribution is -2.35. The number of nitrogens with zero attached hydrogens (tertiary/aromatic N) is 3. The zero-order chi connectivity index (χ0) is 15.4. The lowest BCUT2D eigenvalue weighted by atomic mass is 10.2. The number of aliphatic hydroxyl groups excluding tert-OH is 1. The third kappa shape index (κ3) is 3.94. The molecule has 116 valence electrons. The zero-order valence-corrected chi connectivity index (χ0v) is 13.1. The summed E-state index contributed by atoms with van der Waals surface area (Å²) in [4.78, 5) is 20.4. The number of aliphatic hydroxyl groups is 1. The van der Waals surface area contributed by atoms with Crippen molar-refractivity contribution in [2.24, 2.45) is 5.92 Å². The molecule has 0 radical (unpaired) electrons. The molecule has 1 amide bonds. The minimum atomic E-state index is -0.401. The molecule has 0 aromatic carbocycles. The topological polar surface area (TPSA) is 56.7 Å². The van der Waals surface area contributed by atoms with Crippen LogP contribution >= 0.6 is 0 Å². The van der Waals surface area contributed by atoms with Gasteiger partial charge in [-0.05, 0) is 44.7 Å². The van der Waals surface area contributed by atoms with Crippen molar-refractivity contribution in [3.8, 4) is 0 Å². The molecule has 1 saturated carbocycles. The second kappa shape index (κ2) is 6.89. The van der Waals surface area contributed by atoms with Crippen LogP contribution in [0.4, 0.5) is 5.82 Å². The molecule has 1 atom stereocenters. The number of carbonyl (C=O) groups excluding carboxylic acids is 1. The number of hydrogen-bond donors (Lipinski definition) is 1. The molecule has 1 aliphatic carbocycles. The van der Waals surface area contributed by atoms with Crippen LogP contribution < -0.4 is 4.90 Å². The van der Waals surface area contributed by atoms with Gasteiger partial charge >= 0.3 is 0 Å². The van der Waals surface area contributed by atoms with Crippen LogP contribution in [0.3, 0.4) is 0 Å². The largest absolute Gasteiger partial charge is 0.391 e. The lowest BCUT2D eigenvalue weighted by molar-refractivity contribution is 0.0645. The molecule has 2 rings (SSSR count).